The second-order valence-electron chi connectivity index (χ2n) is 6.02. The van der Waals surface area contributed by atoms with E-state index in [1.165, 1.54) is 54.6 Å². The SMILES string of the molecule is N#CC(=Cc1ccc(-c2cccc([N+](=O)[O-])c2)o1)C(=O)Nc1cccc(C(=O)O)c1. The Hall–Kier alpha value is -4.71. The standard InChI is InChI=1S/C21H13N3O6/c22-12-15(20(25)23-16-5-1-4-14(9-16)21(26)27)11-18-7-8-19(30-18)13-3-2-6-17(10-13)24(28)29/h1-11H,(H,23,25)(H,26,27). The van der Waals surface area contributed by atoms with Crippen LogP contribution in [0.4, 0.5) is 11.4 Å². The van der Waals surface area contributed by atoms with Crippen molar-refractivity contribution in [3.63, 3.8) is 0 Å². The van der Waals surface area contributed by atoms with Crippen LogP contribution in [0.3, 0.4) is 0 Å². The van der Waals surface area contributed by atoms with Crippen LogP contribution in [0.5, 0.6) is 0 Å². The molecular formula is C21H13N3O6. The van der Waals surface area contributed by atoms with E-state index in [9.17, 15) is 25.0 Å². The Morgan fingerprint density at radius 2 is 1.90 bits per heavy atom. The second-order valence-corrected chi connectivity index (χ2v) is 6.02. The van der Waals surface area contributed by atoms with Crippen LogP contribution in [-0.4, -0.2) is 21.9 Å². The van der Waals surface area contributed by atoms with Gasteiger partial charge in [0.15, 0.2) is 0 Å². The van der Waals surface area contributed by atoms with Crippen LogP contribution < -0.4 is 5.32 Å². The molecule has 0 aliphatic heterocycles. The van der Waals surface area contributed by atoms with Gasteiger partial charge in [0.25, 0.3) is 11.6 Å². The summed E-state index contributed by atoms with van der Waals surface area (Å²) in [6.45, 7) is 0. The van der Waals surface area contributed by atoms with Gasteiger partial charge in [0, 0.05) is 29.5 Å². The van der Waals surface area contributed by atoms with Gasteiger partial charge in [-0.25, -0.2) is 4.79 Å². The number of anilines is 1. The summed E-state index contributed by atoms with van der Waals surface area (Å²) in [6, 6.07) is 16.3. The molecule has 0 atom stereocenters. The monoisotopic (exact) mass is 403 g/mol. The maximum atomic E-state index is 12.4. The van der Waals surface area contributed by atoms with Gasteiger partial charge in [0.2, 0.25) is 0 Å². The minimum absolute atomic E-state index is 0.0112. The number of carbonyl (C=O) groups is 2. The number of amides is 1. The van der Waals surface area contributed by atoms with Crippen molar-refractivity contribution in [3.05, 3.63) is 87.7 Å². The number of nitro benzene ring substituents is 1. The van der Waals surface area contributed by atoms with Crippen molar-refractivity contribution in [2.45, 2.75) is 0 Å². The third-order valence-electron chi connectivity index (χ3n) is 3.99. The number of furan rings is 1. The van der Waals surface area contributed by atoms with Crippen molar-refractivity contribution < 1.29 is 24.0 Å². The number of hydrogen-bond donors (Lipinski definition) is 2. The largest absolute Gasteiger partial charge is 0.478 e. The van der Waals surface area contributed by atoms with Crippen LogP contribution in [-0.2, 0) is 4.79 Å². The van der Waals surface area contributed by atoms with E-state index >= 15 is 0 Å². The molecule has 1 amide bonds. The highest BCUT2D eigenvalue weighted by Crippen LogP contribution is 2.26. The number of nitrogens with one attached hydrogen (secondary N) is 1. The predicted octanol–water partition coefficient (Wildman–Crippen LogP) is 4.10. The van der Waals surface area contributed by atoms with Gasteiger partial charge >= 0.3 is 5.97 Å². The quantitative estimate of drug-likeness (QED) is 0.272. The van der Waals surface area contributed by atoms with Crippen molar-refractivity contribution in [1.29, 1.82) is 5.26 Å². The molecule has 9 heteroatoms. The number of nitrogens with zero attached hydrogens (tertiary/aromatic N) is 2. The number of nitriles is 1. The number of carboxylic acid groups (broad SMARTS) is 1. The third-order valence-corrected chi connectivity index (χ3v) is 3.99. The number of benzene rings is 2. The number of carbonyl (C=O) groups excluding carboxylic acids is 1. The zero-order chi connectivity index (χ0) is 21.7. The van der Waals surface area contributed by atoms with Gasteiger partial charge in [-0.15, -0.1) is 0 Å². The first kappa shape index (κ1) is 20.0. The molecule has 3 rings (SSSR count). The molecule has 2 aromatic carbocycles. The highest BCUT2D eigenvalue weighted by Gasteiger charge is 2.14. The van der Waals surface area contributed by atoms with Crippen LogP contribution in [0, 0.1) is 21.4 Å². The highest BCUT2D eigenvalue weighted by molar-refractivity contribution is 6.09. The maximum Gasteiger partial charge on any atom is 0.335 e. The number of non-ortho nitro benzene ring substituents is 1. The summed E-state index contributed by atoms with van der Waals surface area (Å²) in [4.78, 5) is 33.8. The normalized spacial score (nSPS) is 10.8. The third kappa shape index (κ3) is 4.58. The van der Waals surface area contributed by atoms with Crippen molar-refractivity contribution in [2.75, 3.05) is 5.32 Å². The van der Waals surface area contributed by atoms with Crippen molar-refractivity contribution in [1.82, 2.24) is 0 Å². The van der Waals surface area contributed by atoms with Crippen molar-refractivity contribution in [2.24, 2.45) is 0 Å². The molecule has 1 aromatic heterocycles. The van der Waals surface area contributed by atoms with Gasteiger partial charge in [-0.2, -0.15) is 5.26 Å². The smallest absolute Gasteiger partial charge is 0.335 e. The minimum Gasteiger partial charge on any atom is -0.478 e. The average molecular weight is 403 g/mol. The fraction of sp³-hybridized carbons (Fsp3) is 0. The number of hydrogen-bond acceptors (Lipinski definition) is 6. The lowest BCUT2D eigenvalue weighted by Gasteiger charge is -2.05. The molecule has 0 spiro atoms. The molecule has 0 radical (unpaired) electrons. The summed E-state index contributed by atoms with van der Waals surface area (Å²) in [5.41, 5.74) is 0.315. The molecule has 3 aromatic rings. The van der Waals surface area contributed by atoms with E-state index < -0.39 is 16.8 Å². The summed E-state index contributed by atoms with van der Waals surface area (Å²) >= 11 is 0. The summed E-state index contributed by atoms with van der Waals surface area (Å²) in [5.74, 6) is -1.36. The lowest BCUT2D eigenvalue weighted by atomic mass is 10.1. The van der Waals surface area contributed by atoms with Crippen LogP contribution in [0.25, 0.3) is 17.4 Å². The van der Waals surface area contributed by atoms with Crippen LogP contribution in [0.15, 0.2) is 70.7 Å². The summed E-state index contributed by atoms with van der Waals surface area (Å²) in [6.07, 6.45) is 1.22. The summed E-state index contributed by atoms with van der Waals surface area (Å²) in [7, 11) is 0. The number of nitro groups is 1. The predicted molar refractivity (Wildman–Crippen MR) is 106 cm³/mol. The summed E-state index contributed by atoms with van der Waals surface area (Å²) in [5, 5.41) is 31.7. The molecular weight excluding hydrogens is 390 g/mol. The van der Waals surface area contributed by atoms with E-state index in [1.807, 2.05) is 0 Å². The first-order valence-corrected chi connectivity index (χ1v) is 8.48. The Labute approximate surface area is 169 Å². The lowest BCUT2D eigenvalue weighted by Crippen LogP contribution is -2.13. The Morgan fingerprint density at radius 1 is 1.13 bits per heavy atom. The molecule has 0 fully saturated rings. The molecule has 2 N–H and O–H groups in total. The van der Waals surface area contributed by atoms with E-state index in [0.29, 0.717) is 11.3 Å². The van der Waals surface area contributed by atoms with Crippen molar-refractivity contribution in [3.8, 4) is 17.4 Å². The first-order valence-electron chi connectivity index (χ1n) is 8.48. The fourth-order valence-electron chi connectivity index (χ4n) is 2.58. The van der Waals surface area contributed by atoms with Gasteiger partial charge < -0.3 is 14.8 Å². The molecule has 1 heterocycles. The van der Waals surface area contributed by atoms with Crippen molar-refractivity contribution >= 4 is 29.3 Å². The fourth-order valence-corrected chi connectivity index (χ4v) is 2.58. The molecule has 148 valence electrons. The Kier molecular flexibility index (Phi) is 5.70. The zero-order valence-corrected chi connectivity index (χ0v) is 15.2. The summed E-state index contributed by atoms with van der Waals surface area (Å²) < 4.78 is 5.58. The molecule has 9 nitrogen and oxygen atoms in total. The highest BCUT2D eigenvalue weighted by atomic mass is 16.6. The molecule has 0 unspecified atom stereocenters. The van der Waals surface area contributed by atoms with Crippen LogP contribution >= 0.6 is 0 Å². The second kappa shape index (κ2) is 8.53. The zero-order valence-electron chi connectivity index (χ0n) is 15.2. The van der Waals surface area contributed by atoms with E-state index in [1.54, 1.807) is 18.2 Å². The lowest BCUT2D eigenvalue weighted by molar-refractivity contribution is -0.384. The van der Waals surface area contributed by atoms with Gasteiger partial charge in [0.05, 0.1) is 10.5 Å². The average Bonchev–Trinajstić information content (AvgIpc) is 3.21. The molecule has 0 bridgehead atoms. The van der Waals surface area contributed by atoms with Gasteiger partial charge in [-0.05, 0) is 30.3 Å². The molecule has 0 saturated heterocycles. The maximum absolute atomic E-state index is 12.4. The minimum atomic E-state index is -1.15. The van der Waals surface area contributed by atoms with E-state index in [2.05, 4.69) is 5.32 Å². The first-order chi connectivity index (χ1) is 14.4. The van der Waals surface area contributed by atoms with E-state index in [0.717, 1.165) is 0 Å². The number of rotatable bonds is 6. The van der Waals surface area contributed by atoms with Crippen LogP contribution in [0.2, 0.25) is 0 Å². The molecule has 0 aliphatic rings. The van der Waals surface area contributed by atoms with E-state index in [-0.39, 0.29) is 28.3 Å². The molecule has 0 saturated carbocycles. The Bertz CT molecular complexity index is 1220. The topological polar surface area (TPSA) is 146 Å². The Balaban J connectivity index is 1.81. The van der Waals surface area contributed by atoms with Crippen LogP contribution in [0.1, 0.15) is 16.1 Å². The van der Waals surface area contributed by atoms with Gasteiger partial charge in [0.1, 0.15) is 23.2 Å². The molecule has 0 aliphatic carbocycles. The number of aromatic carboxylic acids is 1. The molecule has 30 heavy (non-hydrogen) atoms. The van der Waals surface area contributed by atoms with Gasteiger partial charge in [-0.3, -0.25) is 14.9 Å². The van der Waals surface area contributed by atoms with Gasteiger partial charge in [-0.1, -0.05) is 18.2 Å². The van der Waals surface area contributed by atoms with E-state index in [4.69, 9.17) is 9.52 Å². The Morgan fingerprint density at radius 3 is 2.60 bits per heavy atom. The number of carboxylic acids is 1.